The molecule has 15 heavy (non-hydrogen) atoms. The van der Waals surface area contributed by atoms with E-state index >= 15 is 0 Å². The molecule has 0 amide bonds. The van der Waals surface area contributed by atoms with E-state index in [9.17, 15) is 4.79 Å². The highest BCUT2D eigenvalue weighted by molar-refractivity contribution is 5.82. The predicted octanol–water partition coefficient (Wildman–Crippen LogP) is 1.57. The van der Waals surface area contributed by atoms with Crippen LogP contribution in [-0.2, 0) is 9.53 Å². The molecule has 0 aliphatic carbocycles. The van der Waals surface area contributed by atoms with E-state index in [0.29, 0.717) is 24.3 Å². The van der Waals surface area contributed by atoms with Crippen molar-refractivity contribution in [3.8, 4) is 0 Å². The van der Waals surface area contributed by atoms with Crippen LogP contribution in [0.5, 0.6) is 0 Å². The van der Waals surface area contributed by atoms with E-state index in [1.807, 2.05) is 13.8 Å². The topological polar surface area (TPSA) is 29.5 Å². The third-order valence-corrected chi connectivity index (χ3v) is 3.30. The molecule has 0 aromatic rings. The van der Waals surface area contributed by atoms with Crippen molar-refractivity contribution < 1.29 is 9.53 Å². The van der Waals surface area contributed by atoms with Crippen molar-refractivity contribution in [3.63, 3.8) is 0 Å². The van der Waals surface area contributed by atoms with E-state index in [4.69, 9.17) is 4.74 Å². The number of ether oxygens (including phenoxy) is 1. The van der Waals surface area contributed by atoms with E-state index < -0.39 is 0 Å². The molecule has 0 aromatic carbocycles. The van der Waals surface area contributed by atoms with Gasteiger partial charge in [-0.2, -0.15) is 0 Å². The molecule has 0 N–H and O–H groups in total. The lowest BCUT2D eigenvalue weighted by Gasteiger charge is -2.36. The monoisotopic (exact) mass is 213 g/mol. The molecule has 1 fully saturated rings. The quantitative estimate of drug-likeness (QED) is 0.710. The maximum atomic E-state index is 11.6. The summed E-state index contributed by atoms with van der Waals surface area (Å²) in [4.78, 5) is 13.8. The van der Waals surface area contributed by atoms with Crippen molar-refractivity contribution >= 4 is 5.78 Å². The summed E-state index contributed by atoms with van der Waals surface area (Å²) in [5, 5.41) is 0. The molecule has 1 saturated heterocycles. The van der Waals surface area contributed by atoms with E-state index in [2.05, 4.69) is 11.8 Å². The molecule has 0 aromatic heterocycles. The van der Waals surface area contributed by atoms with Crippen LogP contribution in [0.15, 0.2) is 0 Å². The second kappa shape index (κ2) is 5.61. The Hall–Kier alpha value is -0.410. The van der Waals surface area contributed by atoms with Gasteiger partial charge in [0.1, 0.15) is 5.78 Å². The minimum Gasteiger partial charge on any atom is -0.380 e. The van der Waals surface area contributed by atoms with Gasteiger partial charge < -0.3 is 4.74 Å². The third-order valence-electron chi connectivity index (χ3n) is 3.30. The fourth-order valence-electron chi connectivity index (χ4n) is 1.95. The molecule has 1 aliphatic rings. The van der Waals surface area contributed by atoms with E-state index in [0.717, 1.165) is 19.5 Å². The lowest BCUT2D eigenvalue weighted by molar-refractivity contribution is -0.124. The van der Waals surface area contributed by atoms with Crippen LogP contribution in [-0.4, -0.2) is 43.5 Å². The Kier molecular flexibility index (Phi) is 4.74. The van der Waals surface area contributed by atoms with Crippen LogP contribution in [0.2, 0.25) is 0 Å². The predicted molar refractivity (Wildman–Crippen MR) is 60.9 cm³/mol. The molecule has 2 atom stereocenters. The van der Waals surface area contributed by atoms with Crippen LogP contribution < -0.4 is 0 Å². The molecule has 0 bridgehead atoms. The van der Waals surface area contributed by atoms with Crippen molar-refractivity contribution in [2.24, 2.45) is 11.8 Å². The van der Waals surface area contributed by atoms with Gasteiger partial charge in [0.2, 0.25) is 0 Å². The number of nitrogens with zero attached hydrogens (tertiary/aromatic N) is 1. The third kappa shape index (κ3) is 3.58. The molecule has 1 aliphatic heterocycles. The van der Waals surface area contributed by atoms with Gasteiger partial charge in [-0.25, -0.2) is 0 Å². The molecule has 0 saturated carbocycles. The van der Waals surface area contributed by atoms with Crippen LogP contribution in [0.1, 0.15) is 27.2 Å². The summed E-state index contributed by atoms with van der Waals surface area (Å²) < 4.78 is 5.42. The molecule has 1 heterocycles. The smallest absolute Gasteiger partial charge is 0.149 e. The largest absolute Gasteiger partial charge is 0.380 e. The van der Waals surface area contributed by atoms with Gasteiger partial charge in [-0.05, 0) is 18.9 Å². The number of ketones is 1. The van der Waals surface area contributed by atoms with Crippen LogP contribution >= 0.6 is 0 Å². The van der Waals surface area contributed by atoms with Gasteiger partial charge in [-0.3, -0.25) is 9.69 Å². The summed E-state index contributed by atoms with van der Waals surface area (Å²) in [5.41, 5.74) is 0. The zero-order valence-corrected chi connectivity index (χ0v) is 10.3. The Morgan fingerprint density at radius 3 is 2.73 bits per heavy atom. The summed E-state index contributed by atoms with van der Waals surface area (Å²) in [5.74, 6) is 1.09. The molecule has 2 unspecified atom stereocenters. The minimum atomic E-state index is 0.144. The highest BCUT2D eigenvalue weighted by atomic mass is 16.5. The molecular weight excluding hydrogens is 190 g/mol. The Morgan fingerprint density at radius 1 is 1.53 bits per heavy atom. The van der Waals surface area contributed by atoms with Gasteiger partial charge in [0.05, 0.1) is 12.6 Å². The maximum Gasteiger partial charge on any atom is 0.149 e. The zero-order chi connectivity index (χ0) is 11.4. The molecule has 3 nitrogen and oxygen atoms in total. The normalized spacial score (nSPS) is 28.3. The van der Waals surface area contributed by atoms with Crippen LogP contribution in [0.4, 0.5) is 0 Å². The number of carbonyl (C=O) groups excluding carboxylic acids is 1. The van der Waals surface area contributed by atoms with Crippen LogP contribution in [0.25, 0.3) is 0 Å². The van der Waals surface area contributed by atoms with E-state index in [1.54, 1.807) is 7.11 Å². The number of hydrogen-bond acceptors (Lipinski definition) is 3. The van der Waals surface area contributed by atoms with E-state index in [-0.39, 0.29) is 5.92 Å². The highest BCUT2D eigenvalue weighted by Gasteiger charge is 2.27. The first-order chi connectivity index (χ1) is 7.04. The summed E-state index contributed by atoms with van der Waals surface area (Å²) in [6.45, 7) is 8.65. The number of carbonyl (C=O) groups is 1. The fraction of sp³-hybridized carbons (Fsp3) is 0.917. The second-order valence-corrected chi connectivity index (χ2v) is 4.90. The summed E-state index contributed by atoms with van der Waals surface area (Å²) in [7, 11) is 1.76. The first-order valence-corrected chi connectivity index (χ1v) is 5.82. The number of methoxy groups -OCH3 is 1. The number of hydrogen-bond donors (Lipinski definition) is 0. The minimum absolute atomic E-state index is 0.144. The first kappa shape index (κ1) is 12.7. The molecule has 1 rings (SSSR count). The summed E-state index contributed by atoms with van der Waals surface area (Å²) in [6, 6.07) is 0. The molecule has 88 valence electrons. The Morgan fingerprint density at radius 2 is 2.20 bits per heavy atom. The van der Waals surface area contributed by atoms with Gasteiger partial charge in [0, 0.05) is 19.6 Å². The van der Waals surface area contributed by atoms with Crippen molar-refractivity contribution in [2.75, 3.05) is 26.7 Å². The molecule has 3 heteroatoms. The summed E-state index contributed by atoms with van der Waals surface area (Å²) >= 11 is 0. The zero-order valence-electron chi connectivity index (χ0n) is 10.3. The van der Waals surface area contributed by atoms with Gasteiger partial charge in [-0.15, -0.1) is 0 Å². The number of rotatable bonds is 4. The average Bonchev–Trinajstić information content (AvgIpc) is 2.20. The standard InChI is InChI=1S/C12H23NO2/c1-9(2)11(14)7-13-6-5-10(3)12(8-13)15-4/h9-10,12H,5-8H2,1-4H3. The summed E-state index contributed by atoms with van der Waals surface area (Å²) in [6.07, 6.45) is 1.42. The maximum absolute atomic E-state index is 11.6. The van der Waals surface area contributed by atoms with Gasteiger partial charge in [-0.1, -0.05) is 20.8 Å². The Bertz CT molecular complexity index is 216. The molecular formula is C12H23NO2. The number of likely N-dealkylation sites (tertiary alicyclic amines) is 1. The van der Waals surface area contributed by atoms with E-state index in [1.165, 1.54) is 0 Å². The highest BCUT2D eigenvalue weighted by Crippen LogP contribution is 2.19. The van der Waals surface area contributed by atoms with Crippen LogP contribution in [0.3, 0.4) is 0 Å². The average molecular weight is 213 g/mol. The van der Waals surface area contributed by atoms with Gasteiger partial charge in [0.15, 0.2) is 0 Å². The van der Waals surface area contributed by atoms with Gasteiger partial charge >= 0.3 is 0 Å². The lowest BCUT2D eigenvalue weighted by Crippen LogP contribution is -2.46. The Labute approximate surface area is 92.8 Å². The van der Waals surface area contributed by atoms with Crippen molar-refractivity contribution in [1.82, 2.24) is 4.90 Å². The lowest BCUT2D eigenvalue weighted by atomic mass is 9.95. The Balaban J connectivity index is 2.41. The number of Topliss-reactive ketones (excluding diaryl/α,β-unsaturated/α-hetero) is 1. The van der Waals surface area contributed by atoms with Crippen molar-refractivity contribution in [3.05, 3.63) is 0 Å². The molecule has 0 radical (unpaired) electrons. The first-order valence-electron chi connectivity index (χ1n) is 5.82. The van der Waals surface area contributed by atoms with Crippen molar-refractivity contribution in [2.45, 2.75) is 33.3 Å². The van der Waals surface area contributed by atoms with Crippen molar-refractivity contribution in [1.29, 1.82) is 0 Å². The van der Waals surface area contributed by atoms with Gasteiger partial charge in [0.25, 0.3) is 0 Å². The second-order valence-electron chi connectivity index (χ2n) is 4.90. The SMILES string of the molecule is COC1CN(CC(=O)C(C)C)CCC1C. The fourth-order valence-corrected chi connectivity index (χ4v) is 1.95. The van der Waals surface area contributed by atoms with Crippen LogP contribution in [0, 0.1) is 11.8 Å². The molecule has 0 spiro atoms. The number of piperidine rings is 1.